The lowest BCUT2D eigenvalue weighted by atomic mass is 9.82. The fourth-order valence-corrected chi connectivity index (χ4v) is 5.24. The second kappa shape index (κ2) is 1.88. The summed E-state index contributed by atoms with van der Waals surface area (Å²) >= 11 is 0. The van der Waals surface area contributed by atoms with Gasteiger partial charge in [0.1, 0.15) is 0 Å². The Balaban J connectivity index is 2.27. The molecule has 2 bridgehead atoms. The van der Waals surface area contributed by atoms with Gasteiger partial charge in [0.25, 0.3) is 0 Å². The smallest absolute Gasteiger partial charge is 0.00712 e. The molecule has 0 heterocycles. The first-order chi connectivity index (χ1) is 4.62. The molecular formula is C9H18Si. The van der Waals surface area contributed by atoms with Gasteiger partial charge < -0.3 is 0 Å². The van der Waals surface area contributed by atoms with Crippen molar-refractivity contribution in [1.29, 1.82) is 0 Å². The molecule has 0 amide bonds. The summed E-state index contributed by atoms with van der Waals surface area (Å²) in [5.74, 6) is 2.21. The maximum Gasteiger partial charge on any atom is 0.00712 e. The average Bonchev–Trinajstić information content (AvgIpc) is 2.20. The molecule has 0 spiro atoms. The highest BCUT2D eigenvalue weighted by molar-refractivity contribution is 6.12. The zero-order chi connectivity index (χ0) is 7.35. The van der Waals surface area contributed by atoms with Crippen LogP contribution in [0.4, 0.5) is 0 Å². The molecule has 10 heavy (non-hydrogen) atoms. The molecule has 3 unspecified atom stereocenters. The van der Waals surface area contributed by atoms with Crippen LogP contribution in [-0.2, 0) is 0 Å². The van der Waals surface area contributed by atoms with Gasteiger partial charge >= 0.3 is 0 Å². The van der Waals surface area contributed by atoms with Gasteiger partial charge in [-0.2, -0.15) is 0 Å². The lowest BCUT2D eigenvalue weighted by Crippen LogP contribution is -2.17. The van der Waals surface area contributed by atoms with E-state index in [-0.39, 0.29) is 0 Å². The normalized spacial score (nSPS) is 50.4. The van der Waals surface area contributed by atoms with Crippen LogP contribution in [0.2, 0.25) is 5.54 Å². The maximum absolute atomic E-state index is 2.49. The van der Waals surface area contributed by atoms with Crippen molar-refractivity contribution in [3.8, 4) is 0 Å². The van der Waals surface area contributed by atoms with Gasteiger partial charge in [-0.05, 0) is 30.1 Å². The van der Waals surface area contributed by atoms with Crippen molar-refractivity contribution in [2.75, 3.05) is 0 Å². The van der Waals surface area contributed by atoms with Crippen LogP contribution in [0.1, 0.15) is 33.1 Å². The van der Waals surface area contributed by atoms with Gasteiger partial charge in [-0.1, -0.05) is 25.8 Å². The minimum Gasteiger partial charge on any atom is -0.0594 e. The molecular weight excluding hydrogens is 136 g/mol. The van der Waals surface area contributed by atoms with E-state index in [1.807, 2.05) is 0 Å². The van der Waals surface area contributed by atoms with Gasteiger partial charge in [0.05, 0.1) is 0 Å². The Bertz CT molecular complexity index is 151. The number of hydrogen-bond acceptors (Lipinski definition) is 0. The zero-order valence-electron chi connectivity index (χ0n) is 7.35. The molecule has 0 aromatic rings. The van der Waals surface area contributed by atoms with Crippen molar-refractivity contribution in [3.05, 3.63) is 0 Å². The molecule has 0 aromatic heterocycles. The summed E-state index contributed by atoms with van der Waals surface area (Å²) in [6.07, 6.45) is 4.66. The van der Waals surface area contributed by atoms with Crippen LogP contribution in [0.25, 0.3) is 0 Å². The van der Waals surface area contributed by atoms with Crippen LogP contribution in [0.5, 0.6) is 0 Å². The molecule has 0 saturated heterocycles. The minimum atomic E-state index is 0.729. The molecule has 2 fully saturated rings. The lowest BCUT2D eigenvalue weighted by molar-refractivity contribution is 0.260. The molecule has 0 aliphatic heterocycles. The molecule has 1 heteroatoms. The minimum absolute atomic E-state index is 0.729. The first kappa shape index (κ1) is 6.90. The van der Waals surface area contributed by atoms with Crippen molar-refractivity contribution in [1.82, 2.24) is 0 Å². The van der Waals surface area contributed by atoms with Crippen LogP contribution in [0, 0.1) is 17.3 Å². The highest BCUT2D eigenvalue weighted by Crippen LogP contribution is 2.61. The largest absolute Gasteiger partial charge is 0.0594 e. The quantitative estimate of drug-likeness (QED) is 0.465. The summed E-state index contributed by atoms with van der Waals surface area (Å²) in [6.45, 7) is 4.99. The Hall–Kier alpha value is 0.217. The van der Waals surface area contributed by atoms with Crippen molar-refractivity contribution in [2.24, 2.45) is 17.3 Å². The van der Waals surface area contributed by atoms with E-state index in [1.165, 1.54) is 16.7 Å². The average molecular weight is 154 g/mol. The van der Waals surface area contributed by atoms with Gasteiger partial charge in [-0.3, -0.25) is 0 Å². The molecule has 2 aliphatic carbocycles. The Morgan fingerprint density at radius 2 is 2.00 bits per heavy atom. The maximum atomic E-state index is 2.49. The topological polar surface area (TPSA) is 0 Å². The molecule has 2 saturated carbocycles. The number of fused-ring (bicyclic) bond motifs is 2. The standard InChI is InChI=1S/C9H18Si/c1-9(2)6-3-4-7(9)8(10)5-6/h6-8H,3-5H2,1-2,10H3. The fraction of sp³-hybridized carbons (Fsp3) is 1.00. The Labute approximate surface area is 66.8 Å². The van der Waals surface area contributed by atoms with E-state index in [2.05, 4.69) is 13.8 Å². The summed E-state index contributed by atoms with van der Waals surface area (Å²) in [7, 11) is 1.45. The van der Waals surface area contributed by atoms with Crippen molar-refractivity contribution >= 4 is 10.2 Å². The van der Waals surface area contributed by atoms with Crippen molar-refractivity contribution in [3.63, 3.8) is 0 Å². The molecule has 0 nitrogen and oxygen atoms in total. The van der Waals surface area contributed by atoms with Crippen LogP contribution in [-0.4, -0.2) is 10.2 Å². The second-order valence-electron chi connectivity index (χ2n) is 4.92. The van der Waals surface area contributed by atoms with Crippen LogP contribution >= 0.6 is 0 Å². The molecule has 58 valence electrons. The summed E-state index contributed by atoms with van der Waals surface area (Å²) in [4.78, 5) is 0. The Morgan fingerprint density at radius 1 is 1.30 bits per heavy atom. The summed E-state index contributed by atoms with van der Waals surface area (Å²) in [5, 5.41) is 0. The van der Waals surface area contributed by atoms with Crippen molar-refractivity contribution < 1.29 is 0 Å². The highest BCUT2D eigenvalue weighted by Gasteiger charge is 2.51. The van der Waals surface area contributed by atoms with Gasteiger partial charge in [0, 0.05) is 10.2 Å². The predicted octanol–water partition coefficient (Wildman–Crippen LogP) is 1.60. The van der Waals surface area contributed by atoms with Gasteiger partial charge in [-0.15, -0.1) is 0 Å². The monoisotopic (exact) mass is 154 g/mol. The van der Waals surface area contributed by atoms with Crippen LogP contribution in [0.3, 0.4) is 0 Å². The zero-order valence-corrected chi connectivity index (χ0v) is 9.35. The third-order valence-electron chi connectivity index (χ3n) is 4.18. The summed E-state index contributed by atoms with van der Waals surface area (Å²) in [5.41, 5.74) is 1.89. The molecule has 0 radical (unpaired) electrons. The summed E-state index contributed by atoms with van der Waals surface area (Å²) < 4.78 is 0. The molecule has 2 aliphatic rings. The molecule has 3 atom stereocenters. The highest BCUT2D eigenvalue weighted by atomic mass is 28.1. The van der Waals surface area contributed by atoms with E-state index in [0.29, 0.717) is 0 Å². The van der Waals surface area contributed by atoms with Crippen molar-refractivity contribution in [2.45, 2.75) is 38.7 Å². The number of rotatable bonds is 0. The third kappa shape index (κ3) is 0.673. The SMILES string of the molecule is CC1(C)C2CCC1C([SiH3])C2. The van der Waals surface area contributed by atoms with Crippen LogP contribution in [0.15, 0.2) is 0 Å². The van der Waals surface area contributed by atoms with Crippen LogP contribution < -0.4 is 0 Å². The van der Waals surface area contributed by atoms with E-state index in [1.54, 1.807) is 12.8 Å². The fourth-order valence-electron chi connectivity index (χ4n) is 3.48. The number of hydrogen-bond donors (Lipinski definition) is 0. The Morgan fingerprint density at radius 3 is 2.20 bits per heavy atom. The van der Waals surface area contributed by atoms with E-state index in [0.717, 1.165) is 22.8 Å². The summed E-state index contributed by atoms with van der Waals surface area (Å²) in [6, 6.07) is 0. The van der Waals surface area contributed by atoms with E-state index >= 15 is 0 Å². The van der Waals surface area contributed by atoms with E-state index in [9.17, 15) is 0 Å². The van der Waals surface area contributed by atoms with E-state index in [4.69, 9.17) is 0 Å². The lowest BCUT2D eigenvalue weighted by Gasteiger charge is -2.24. The predicted molar refractivity (Wildman–Crippen MR) is 48.3 cm³/mol. The van der Waals surface area contributed by atoms with Gasteiger partial charge in [0.2, 0.25) is 0 Å². The first-order valence-corrected chi connectivity index (χ1v) is 5.78. The Kier molecular flexibility index (Phi) is 1.29. The molecule has 0 aromatic carbocycles. The molecule has 2 rings (SSSR count). The third-order valence-corrected chi connectivity index (χ3v) is 5.45. The van der Waals surface area contributed by atoms with E-state index < -0.39 is 0 Å². The van der Waals surface area contributed by atoms with Gasteiger partial charge in [0.15, 0.2) is 0 Å². The first-order valence-electron chi connectivity index (χ1n) is 4.62. The second-order valence-corrected chi connectivity index (χ2v) is 6.40. The van der Waals surface area contributed by atoms with Gasteiger partial charge in [-0.25, -0.2) is 0 Å². The molecule has 0 N–H and O–H groups in total.